The molecule has 3 N–H and O–H groups in total. The van der Waals surface area contributed by atoms with E-state index < -0.39 is 48.5 Å². The van der Waals surface area contributed by atoms with Crippen molar-refractivity contribution in [1.82, 2.24) is 0 Å². The molecule has 0 fully saturated rings. The van der Waals surface area contributed by atoms with E-state index in [0.717, 1.165) is 6.07 Å². The van der Waals surface area contributed by atoms with E-state index >= 15 is 0 Å². The molecule has 0 spiro atoms. The van der Waals surface area contributed by atoms with Gasteiger partial charge in [-0.2, -0.15) is 0 Å². The number of hydrogen-bond donors (Lipinski definition) is 3. The molecule has 1 aliphatic heterocycles. The lowest BCUT2D eigenvalue weighted by molar-refractivity contribution is -0.118. The number of hydrogen-bond acceptors (Lipinski definition) is 8. The molecule has 1 aromatic rings. The number of aliphatic hydroxyl groups is 1. The second-order valence-corrected chi connectivity index (χ2v) is 5.56. The molecule has 0 aromatic heterocycles. The van der Waals surface area contributed by atoms with Crippen LogP contribution in [-0.4, -0.2) is 45.8 Å². The fourth-order valence-electron chi connectivity index (χ4n) is 2.39. The molecule has 26 heavy (non-hydrogen) atoms. The zero-order valence-electron chi connectivity index (χ0n) is 13.5. The number of phenols is 2. The van der Waals surface area contributed by atoms with E-state index in [2.05, 4.69) is 5.18 Å². The molecular weight excluding hydrogens is 349 g/mol. The second-order valence-electron chi connectivity index (χ2n) is 5.56. The highest BCUT2D eigenvalue weighted by Gasteiger charge is 2.27. The lowest BCUT2D eigenvalue weighted by Crippen LogP contribution is -2.30. The predicted octanol–water partition coefficient (Wildman–Crippen LogP) is 1.98. The topological polar surface area (TPSA) is 133 Å². The minimum absolute atomic E-state index is 0.0784. The van der Waals surface area contributed by atoms with Gasteiger partial charge in [-0.15, -0.1) is 4.91 Å². The Labute approximate surface area is 147 Å². The van der Waals surface area contributed by atoms with Gasteiger partial charge in [-0.3, -0.25) is 4.79 Å². The lowest BCUT2D eigenvalue weighted by atomic mass is 10.0. The Kier molecular flexibility index (Phi) is 6.18. The number of phenolic OH excluding ortho intramolecular Hbond substituents is 2. The molecule has 0 radical (unpaired) electrons. The van der Waals surface area contributed by atoms with Gasteiger partial charge in [0.2, 0.25) is 0 Å². The standard InChI is InChI=1S/C17H16FNO7/c18-10-4-5-26-17(24)15-9(6-11(20)8-13(15)22)2-1-3-12(21)16(19-25)14(23)7-10/h1-2,6-8,12,16,20-22H,3-5H2/b2-1+,10-7+/t12-,16-/m0/s1. The highest BCUT2D eigenvalue weighted by Crippen LogP contribution is 2.29. The Morgan fingerprint density at radius 2 is 1.96 bits per heavy atom. The van der Waals surface area contributed by atoms with E-state index in [9.17, 15) is 34.2 Å². The fraction of sp³-hybridized carbons (Fsp3) is 0.294. The Morgan fingerprint density at radius 3 is 2.65 bits per heavy atom. The maximum Gasteiger partial charge on any atom is 0.342 e. The largest absolute Gasteiger partial charge is 0.508 e. The first-order chi connectivity index (χ1) is 12.3. The summed E-state index contributed by atoms with van der Waals surface area (Å²) in [5, 5.41) is 32.0. The minimum atomic E-state index is -1.69. The summed E-state index contributed by atoms with van der Waals surface area (Å²) in [6.07, 6.45) is 0.971. The smallest absolute Gasteiger partial charge is 0.342 e. The quantitative estimate of drug-likeness (QED) is 0.512. The van der Waals surface area contributed by atoms with Crippen LogP contribution in [0.15, 0.2) is 35.3 Å². The molecule has 0 saturated carbocycles. The molecular formula is C17H16FNO7. The molecule has 0 bridgehead atoms. The van der Waals surface area contributed by atoms with Gasteiger partial charge in [0.1, 0.15) is 22.9 Å². The molecule has 0 aliphatic carbocycles. The van der Waals surface area contributed by atoms with Gasteiger partial charge in [-0.05, 0) is 18.1 Å². The third kappa shape index (κ3) is 4.51. The number of nitroso groups, excluding NO2 is 1. The van der Waals surface area contributed by atoms with Crippen molar-refractivity contribution in [2.75, 3.05) is 6.61 Å². The van der Waals surface area contributed by atoms with E-state index in [4.69, 9.17) is 4.74 Å². The average Bonchev–Trinajstić information content (AvgIpc) is 2.53. The SMILES string of the molecule is O=N[C@@H]1C(=O)/C=C(/F)CCOC(=O)c2c(O)cc(O)cc2/C=C/C[C@@H]1O. The number of nitrogens with zero attached hydrogens (tertiary/aromatic N) is 1. The van der Waals surface area contributed by atoms with E-state index in [0.29, 0.717) is 6.08 Å². The van der Waals surface area contributed by atoms with Crippen LogP contribution in [0.1, 0.15) is 28.8 Å². The van der Waals surface area contributed by atoms with Crippen LogP contribution in [0, 0.1) is 4.91 Å². The number of esters is 1. The molecule has 1 aliphatic rings. The molecule has 8 nitrogen and oxygen atoms in total. The number of cyclic esters (lactones) is 1. The van der Waals surface area contributed by atoms with Crippen LogP contribution in [0.2, 0.25) is 0 Å². The summed E-state index contributed by atoms with van der Waals surface area (Å²) in [5.74, 6) is -3.77. The number of ketones is 1. The van der Waals surface area contributed by atoms with Crippen molar-refractivity contribution in [2.24, 2.45) is 5.18 Å². The Bertz CT molecular complexity index is 788. The van der Waals surface area contributed by atoms with E-state index in [1.54, 1.807) is 0 Å². The first-order valence-electron chi connectivity index (χ1n) is 7.63. The van der Waals surface area contributed by atoms with Crippen LogP contribution >= 0.6 is 0 Å². The fourth-order valence-corrected chi connectivity index (χ4v) is 2.39. The van der Waals surface area contributed by atoms with Gasteiger partial charge in [-0.25, -0.2) is 9.18 Å². The summed E-state index contributed by atoms with van der Waals surface area (Å²) in [5.41, 5.74) is -0.175. The molecule has 0 unspecified atom stereocenters. The van der Waals surface area contributed by atoms with Crippen LogP contribution < -0.4 is 0 Å². The number of halogens is 1. The van der Waals surface area contributed by atoms with E-state index in [-0.39, 0.29) is 23.3 Å². The van der Waals surface area contributed by atoms with Crippen LogP contribution in [0.4, 0.5) is 4.39 Å². The molecule has 0 saturated heterocycles. The molecule has 9 heteroatoms. The number of ether oxygens (including phenoxy) is 1. The number of carbonyl (C=O) groups excluding carboxylic acids is 2. The van der Waals surface area contributed by atoms with Gasteiger partial charge in [0.15, 0.2) is 11.8 Å². The van der Waals surface area contributed by atoms with Gasteiger partial charge in [0.25, 0.3) is 0 Å². The van der Waals surface area contributed by atoms with Crippen LogP contribution in [0.5, 0.6) is 11.5 Å². The molecule has 2 rings (SSSR count). The van der Waals surface area contributed by atoms with Gasteiger partial charge in [-0.1, -0.05) is 17.3 Å². The highest BCUT2D eigenvalue weighted by molar-refractivity contribution is 5.97. The number of fused-ring (bicyclic) bond motifs is 1. The summed E-state index contributed by atoms with van der Waals surface area (Å²) in [6.45, 7) is -0.431. The van der Waals surface area contributed by atoms with E-state index in [1.807, 2.05) is 0 Å². The van der Waals surface area contributed by atoms with Gasteiger partial charge in [0.05, 0.1) is 12.7 Å². The summed E-state index contributed by atoms with van der Waals surface area (Å²) >= 11 is 0. The second kappa shape index (κ2) is 8.34. The van der Waals surface area contributed by atoms with Crippen molar-refractivity contribution in [3.05, 3.63) is 46.1 Å². The van der Waals surface area contributed by atoms with Gasteiger partial charge in [0, 0.05) is 18.6 Å². The van der Waals surface area contributed by atoms with Gasteiger partial charge >= 0.3 is 5.97 Å². The monoisotopic (exact) mass is 365 g/mol. The minimum Gasteiger partial charge on any atom is -0.508 e. The summed E-state index contributed by atoms with van der Waals surface area (Å²) in [4.78, 5) is 34.8. The Morgan fingerprint density at radius 1 is 1.23 bits per heavy atom. The van der Waals surface area contributed by atoms with Crippen molar-refractivity contribution < 1.29 is 34.0 Å². The maximum atomic E-state index is 13.7. The van der Waals surface area contributed by atoms with Crippen molar-refractivity contribution in [2.45, 2.75) is 25.0 Å². The lowest BCUT2D eigenvalue weighted by Gasteiger charge is -2.13. The zero-order valence-corrected chi connectivity index (χ0v) is 13.5. The summed E-state index contributed by atoms with van der Waals surface area (Å²) < 4.78 is 18.6. The molecule has 1 heterocycles. The number of rotatable bonds is 1. The maximum absolute atomic E-state index is 13.7. The van der Waals surface area contributed by atoms with Crippen LogP contribution in [0.25, 0.3) is 6.08 Å². The normalized spacial score (nSPS) is 25.2. The van der Waals surface area contributed by atoms with Crippen molar-refractivity contribution in [3.8, 4) is 11.5 Å². The third-order valence-corrected chi connectivity index (χ3v) is 3.65. The third-order valence-electron chi connectivity index (χ3n) is 3.65. The first-order valence-corrected chi connectivity index (χ1v) is 7.63. The molecule has 138 valence electrons. The van der Waals surface area contributed by atoms with Gasteiger partial charge < -0.3 is 20.1 Å². The van der Waals surface area contributed by atoms with Crippen molar-refractivity contribution in [3.63, 3.8) is 0 Å². The highest BCUT2D eigenvalue weighted by atomic mass is 19.1. The molecule has 2 atom stereocenters. The van der Waals surface area contributed by atoms with Crippen molar-refractivity contribution >= 4 is 17.8 Å². The average molecular weight is 365 g/mol. The molecule has 1 aromatic carbocycles. The summed E-state index contributed by atoms with van der Waals surface area (Å²) in [7, 11) is 0. The number of aliphatic hydroxyl groups excluding tert-OH is 1. The zero-order chi connectivity index (χ0) is 19.3. The Hall–Kier alpha value is -3.07. The number of carbonyl (C=O) groups is 2. The van der Waals surface area contributed by atoms with Crippen LogP contribution in [-0.2, 0) is 9.53 Å². The first kappa shape index (κ1) is 19.3. The molecule has 0 amide bonds. The summed E-state index contributed by atoms with van der Waals surface area (Å²) in [6, 6.07) is 0.428. The number of aromatic hydroxyl groups is 2. The predicted molar refractivity (Wildman–Crippen MR) is 88.1 cm³/mol. The van der Waals surface area contributed by atoms with Crippen molar-refractivity contribution in [1.29, 1.82) is 0 Å². The van der Waals surface area contributed by atoms with E-state index in [1.165, 1.54) is 18.2 Å². The van der Waals surface area contributed by atoms with Crippen LogP contribution in [0.3, 0.4) is 0 Å². The Balaban J connectivity index is 2.44. The number of benzene rings is 1.